The van der Waals surface area contributed by atoms with Gasteiger partial charge in [-0.3, -0.25) is 4.99 Å². The van der Waals surface area contributed by atoms with Crippen molar-refractivity contribution in [1.82, 2.24) is 10.6 Å². The molecule has 1 rings (SSSR count). The molecule has 0 saturated heterocycles. The van der Waals surface area contributed by atoms with Crippen molar-refractivity contribution in [2.75, 3.05) is 32.8 Å². The lowest BCUT2D eigenvalue weighted by atomic mass is 10.1. The first-order chi connectivity index (χ1) is 10.7. The van der Waals surface area contributed by atoms with Gasteiger partial charge in [0.2, 0.25) is 0 Å². The van der Waals surface area contributed by atoms with Gasteiger partial charge < -0.3 is 15.4 Å². The van der Waals surface area contributed by atoms with Gasteiger partial charge in [-0.15, -0.1) is 0 Å². The zero-order valence-electron chi connectivity index (χ0n) is 13.3. The minimum absolute atomic E-state index is 0.468. The Kier molecular flexibility index (Phi) is 9.14. The summed E-state index contributed by atoms with van der Waals surface area (Å²) in [7, 11) is 0. The number of hydrogen-bond acceptors (Lipinski definition) is 2. The Morgan fingerprint density at radius 3 is 2.73 bits per heavy atom. The molecular formula is C16H25F2N3O. The molecule has 22 heavy (non-hydrogen) atoms. The maximum atomic E-state index is 13.5. The molecule has 124 valence electrons. The van der Waals surface area contributed by atoms with Gasteiger partial charge in [-0.25, -0.2) is 8.78 Å². The number of rotatable bonds is 9. The van der Waals surface area contributed by atoms with Crippen molar-refractivity contribution in [3.05, 3.63) is 35.4 Å². The number of halogens is 2. The molecule has 0 amide bonds. The summed E-state index contributed by atoms with van der Waals surface area (Å²) in [5.41, 5.74) is 0.487. The van der Waals surface area contributed by atoms with Gasteiger partial charge in [0.1, 0.15) is 11.6 Å². The fourth-order valence-electron chi connectivity index (χ4n) is 1.88. The minimum Gasteiger partial charge on any atom is -0.382 e. The molecule has 4 nitrogen and oxygen atoms in total. The molecule has 0 heterocycles. The van der Waals surface area contributed by atoms with Gasteiger partial charge in [0.15, 0.2) is 5.96 Å². The molecule has 0 unspecified atom stereocenters. The summed E-state index contributed by atoms with van der Waals surface area (Å²) in [6, 6.07) is 3.65. The van der Waals surface area contributed by atoms with E-state index >= 15 is 0 Å². The van der Waals surface area contributed by atoms with Crippen LogP contribution in [-0.2, 0) is 11.2 Å². The summed E-state index contributed by atoms with van der Waals surface area (Å²) in [4.78, 5) is 4.41. The maximum Gasteiger partial charge on any atom is 0.191 e. The van der Waals surface area contributed by atoms with Crippen molar-refractivity contribution in [2.45, 2.75) is 26.7 Å². The van der Waals surface area contributed by atoms with Crippen LogP contribution in [0, 0.1) is 11.6 Å². The van der Waals surface area contributed by atoms with E-state index in [4.69, 9.17) is 4.74 Å². The Labute approximate surface area is 131 Å². The van der Waals surface area contributed by atoms with Crippen molar-refractivity contribution in [3.8, 4) is 0 Å². The lowest BCUT2D eigenvalue weighted by Gasteiger charge is -2.11. The number of benzene rings is 1. The number of nitrogens with zero attached hydrogens (tertiary/aromatic N) is 1. The van der Waals surface area contributed by atoms with Crippen molar-refractivity contribution in [1.29, 1.82) is 0 Å². The largest absolute Gasteiger partial charge is 0.382 e. The zero-order valence-corrected chi connectivity index (χ0v) is 13.3. The van der Waals surface area contributed by atoms with E-state index in [-0.39, 0.29) is 0 Å². The third kappa shape index (κ3) is 7.36. The minimum atomic E-state index is -0.557. The molecule has 1 aromatic rings. The van der Waals surface area contributed by atoms with E-state index in [1.54, 1.807) is 0 Å². The molecular weight excluding hydrogens is 288 g/mol. The van der Waals surface area contributed by atoms with E-state index in [1.165, 1.54) is 12.1 Å². The van der Waals surface area contributed by atoms with Crippen LogP contribution >= 0.6 is 0 Å². The molecule has 0 aromatic heterocycles. The molecule has 1 aromatic carbocycles. The molecule has 0 aliphatic carbocycles. The lowest BCUT2D eigenvalue weighted by Crippen LogP contribution is -2.38. The van der Waals surface area contributed by atoms with Gasteiger partial charge in [-0.05, 0) is 38.3 Å². The Morgan fingerprint density at radius 1 is 1.23 bits per heavy atom. The first-order valence-corrected chi connectivity index (χ1v) is 7.71. The van der Waals surface area contributed by atoms with E-state index in [2.05, 4.69) is 15.6 Å². The highest BCUT2D eigenvalue weighted by atomic mass is 19.1. The second-order valence-corrected chi connectivity index (χ2v) is 4.72. The normalized spacial score (nSPS) is 11.5. The summed E-state index contributed by atoms with van der Waals surface area (Å²) in [6.07, 6.45) is 1.33. The fourth-order valence-corrected chi connectivity index (χ4v) is 1.88. The highest BCUT2D eigenvalue weighted by Crippen LogP contribution is 2.09. The van der Waals surface area contributed by atoms with Crippen LogP contribution in [0.4, 0.5) is 8.78 Å². The average Bonchev–Trinajstić information content (AvgIpc) is 2.49. The van der Waals surface area contributed by atoms with Gasteiger partial charge in [0.25, 0.3) is 0 Å². The van der Waals surface area contributed by atoms with Gasteiger partial charge in [0, 0.05) is 38.9 Å². The monoisotopic (exact) mass is 313 g/mol. The molecule has 0 radical (unpaired) electrons. The number of ether oxygens (including phenoxy) is 1. The highest BCUT2D eigenvalue weighted by Gasteiger charge is 2.04. The highest BCUT2D eigenvalue weighted by molar-refractivity contribution is 5.79. The van der Waals surface area contributed by atoms with Crippen LogP contribution < -0.4 is 10.6 Å². The Hall–Kier alpha value is -1.69. The number of hydrogen-bond donors (Lipinski definition) is 2. The summed E-state index contributed by atoms with van der Waals surface area (Å²) < 4.78 is 31.6. The third-order valence-corrected chi connectivity index (χ3v) is 2.97. The van der Waals surface area contributed by atoms with Crippen molar-refractivity contribution in [2.24, 2.45) is 4.99 Å². The predicted octanol–water partition coefficient (Wildman–Crippen LogP) is 2.49. The van der Waals surface area contributed by atoms with E-state index in [0.29, 0.717) is 44.2 Å². The molecule has 6 heteroatoms. The van der Waals surface area contributed by atoms with E-state index < -0.39 is 11.6 Å². The quantitative estimate of drug-likeness (QED) is 0.418. The third-order valence-electron chi connectivity index (χ3n) is 2.97. The summed E-state index contributed by atoms with van der Waals surface area (Å²) >= 11 is 0. The first-order valence-electron chi connectivity index (χ1n) is 7.71. The summed E-state index contributed by atoms with van der Waals surface area (Å²) in [5, 5.41) is 6.27. The molecule has 0 saturated carbocycles. The number of guanidine groups is 1. The Morgan fingerprint density at radius 2 is 2.05 bits per heavy atom. The lowest BCUT2D eigenvalue weighted by molar-refractivity contribution is 0.146. The molecule has 0 atom stereocenters. The SMILES string of the molecule is CCNC(=NCCCOCC)NCCc1ccc(F)cc1F. The van der Waals surface area contributed by atoms with Gasteiger partial charge in [-0.1, -0.05) is 6.07 Å². The van der Waals surface area contributed by atoms with Crippen LogP contribution in [0.15, 0.2) is 23.2 Å². The van der Waals surface area contributed by atoms with Crippen LogP contribution in [0.3, 0.4) is 0 Å². The standard InChI is InChI=1S/C16H25F2N3O/c1-3-19-16(20-9-5-11-22-4-2)21-10-8-13-6-7-14(17)12-15(13)18/h6-7,12H,3-5,8-11H2,1-2H3,(H2,19,20,21). The molecule has 2 N–H and O–H groups in total. The summed E-state index contributed by atoms with van der Waals surface area (Å²) in [5.74, 6) is -0.375. The maximum absolute atomic E-state index is 13.5. The van der Waals surface area contributed by atoms with Crippen molar-refractivity contribution >= 4 is 5.96 Å². The van der Waals surface area contributed by atoms with Gasteiger partial charge >= 0.3 is 0 Å². The van der Waals surface area contributed by atoms with Crippen LogP contribution in [-0.4, -0.2) is 38.8 Å². The average molecular weight is 313 g/mol. The van der Waals surface area contributed by atoms with Crippen LogP contribution in [0.1, 0.15) is 25.8 Å². The van der Waals surface area contributed by atoms with E-state index in [0.717, 1.165) is 19.0 Å². The van der Waals surface area contributed by atoms with Crippen molar-refractivity contribution < 1.29 is 13.5 Å². The Bertz CT molecular complexity index is 467. The zero-order chi connectivity index (χ0) is 16.2. The topological polar surface area (TPSA) is 45.7 Å². The van der Waals surface area contributed by atoms with Gasteiger partial charge in [-0.2, -0.15) is 0 Å². The van der Waals surface area contributed by atoms with Gasteiger partial charge in [0.05, 0.1) is 0 Å². The van der Waals surface area contributed by atoms with Crippen LogP contribution in [0.2, 0.25) is 0 Å². The van der Waals surface area contributed by atoms with Crippen LogP contribution in [0.25, 0.3) is 0 Å². The second-order valence-electron chi connectivity index (χ2n) is 4.72. The predicted molar refractivity (Wildman–Crippen MR) is 85.2 cm³/mol. The van der Waals surface area contributed by atoms with E-state index in [1.807, 2.05) is 13.8 Å². The second kappa shape index (κ2) is 11.0. The first kappa shape index (κ1) is 18.4. The smallest absolute Gasteiger partial charge is 0.191 e. The van der Waals surface area contributed by atoms with Crippen LogP contribution in [0.5, 0.6) is 0 Å². The van der Waals surface area contributed by atoms with E-state index in [9.17, 15) is 8.78 Å². The number of nitrogens with one attached hydrogen (secondary N) is 2. The Balaban J connectivity index is 2.38. The molecule has 0 aliphatic heterocycles. The number of aliphatic imine (C=N–C) groups is 1. The fraction of sp³-hybridized carbons (Fsp3) is 0.562. The molecule has 0 bridgehead atoms. The molecule has 0 fully saturated rings. The molecule has 0 aliphatic rings. The summed E-state index contributed by atoms with van der Waals surface area (Å²) in [6.45, 7) is 7.30. The van der Waals surface area contributed by atoms with Crippen molar-refractivity contribution in [3.63, 3.8) is 0 Å². The molecule has 0 spiro atoms.